The summed E-state index contributed by atoms with van der Waals surface area (Å²) in [6.45, 7) is 14.9. The van der Waals surface area contributed by atoms with Gasteiger partial charge >= 0.3 is 5.97 Å². The predicted octanol–water partition coefficient (Wildman–Crippen LogP) is 2.02. The van der Waals surface area contributed by atoms with Crippen molar-refractivity contribution in [3.8, 4) is 0 Å². The second-order valence-electron chi connectivity index (χ2n) is 9.99. The van der Waals surface area contributed by atoms with Crippen LogP contribution in [0.25, 0.3) is 0 Å². The van der Waals surface area contributed by atoms with Crippen molar-refractivity contribution in [2.45, 2.75) is 79.3 Å². The molecule has 2 N–H and O–H groups in total. The molecule has 0 aromatic carbocycles. The fraction of sp³-hybridized carbons (Fsp3) is 0.818. The Morgan fingerprint density at radius 2 is 1.72 bits per heavy atom. The van der Waals surface area contributed by atoms with E-state index < -0.39 is 34.8 Å². The van der Waals surface area contributed by atoms with Crippen LogP contribution in [0.4, 0.5) is 0 Å². The Morgan fingerprint density at radius 3 is 2.31 bits per heavy atom. The van der Waals surface area contributed by atoms with Crippen LogP contribution in [0.2, 0.25) is 0 Å². The molecular weight excluding hydrogens is 436 g/mol. The lowest BCUT2D eigenvalue weighted by atomic mass is 9.85. The van der Waals surface area contributed by atoms with Crippen molar-refractivity contribution in [1.82, 2.24) is 10.6 Å². The van der Waals surface area contributed by atoms with Gasteiger partial charge in [-0.3, -0.25) is 19.2 Å². The van der Waals surface area contributed by atoms with Crippen LogP contribution in [0.15, 0.2) is 0 Å². The molecule has 0 spiro atoms. The van der Waals surface area contributed by atoms with Gasteiger partial charge in [0.05, 0.1) is 6.61 Å². The summed E-state index contributed by atoms with van der Waals surface area (Å²) in [7, 11) is 0. The Hall–Kier alpha value is -1.65. The third-order valence-electron chi connectivity index (χ3n) is 4.58. The smallest absolute Gasteiger partial charge is 0.317 e. The Balaban J connectivity index is 2.28. The van der Waals surface area contributed by atoms with Gasteiger partial charge < -0.3 is 24.8 Å². The van der Waals surface area contributed by atoms with Gasteiger partial charge in [-0.25, -0.2) is 0 Å². The highest BCUT2D eigenvalue weighted by Crippen LogP contribution is 2.34. The van der Waals surface area contributed by atoms with Crippen LogP contribution in [0, 0.1) is 11.3 Å². The largest absolute Gasteiger partial charge is 0.459 e. The Morgan fingerprint density at radius 1 is 1.09 bits per heavy atom. The maximum Gasteiger partial charge on any atom is 0.317 e. The van der Waals surface area contributed by atoms with Crippen LogP contribution >= 0.6 is 11.8 Å². The molecule has 184 valence electrons. The number of rotatable bonds is 9. The molecule has 0 saturated carbocycles. The van der Waals surface area contributed by atoms with E-state index in [0.717, 1.165) is 11.8 Å². The first-order chi connectivity index (χ1) is 14.5. The molecule has 10 heteroatoms. The number of esters is 1. The molecule has 1 saturated heterocycles. The monoisotopic (exact) mass is 474 g/mol. The minimum atomic E-state index is -0.869. The van der Waals surface area contributed by atoms with Gasteiger partial charge in [-0.2, -0.15) is 0 Å². The Bertz CT molecular complexity index is 701. The van der Waals surface area contributed by atoms with Crippen molar-refractivity contribution < 1.29 is 33.4 Å². The summed E-state index contributed by atoms with van der Waals surface area (Å²) >= 11 is 0.975. The van der Waals surface area contributed by atoms with Gasteiger partial charge in [-0.15, -0.1) is 0 Å². The molecule has 0 radical (unpaired) electrons. The molecule has 9 nitrogen and oxygen atoms in total. The maximum atomic E-state index is 12.5. The van der Waals surface area contributed by atoms with Crippen LogP contribution in [-0.2, 0) is 33.4 Å². The minimum Gasteiger partial charge on any atom is -0.459 e. The first kappa shape index (κ1) is 28.4. The third-order valence-corrected chi connectivity index (χ3v) is 5.62. The molecule has 1 heterocycles. The van der Waals surface area contributed by atoms with E-state index in [4.69, 9.17) is 14.2 Å². The highest BCUT2D eigenvalue weighted by atomic mass is 32.2. The van der Waals surface area contributed by atoms with Crippen LogP contribution in [0.3, 0.4) is 0 Å². The number of carbonyl (C=O) groups is 4. The molecule has 0 aromatic heterocycles. The molecule has 2 amide bonds. The molecule has 2 unspecified atom stereocenters. The van der Waals surface area contributed by atoms with E-state index in [1.54, 1.807) is 34.6 Å². The van der Waals surface area contributed by atoms with Gasteiger partial charge in [-0.1, -0.05) is 25.6 Å². The van der Waals surface area contributed by atoms with Crippen LogP contribution in [0.1, 0.15) is 61.8 Å². The fourth-order valence-electron chi connectivity index (χ4n) is 2.76. The summed E-state index contributed by atoms with van der Waals surface area (Å²) < 4.78 is 16.6. The van der Waals surface area contributed by atoms with E-state index in [2.05, 4.69) is 10.6 Å². The summed E-state index contributed by atoms with van der Waals surface area (Å²) in [5.74, 6) is -2.46. The number of hydrogen-bond acceptors (Lipinski definition) is 8. The zero-order chi connectivity index (χ0) is 24.7. The summed E-state index contributed by atoms with van der Waals surface area (Å²) in [5.41, 5.74) is -1.13. The van der Waals surface area contributed by atoms with Crippen molar-refractivity contribution in [2.75, 3.05) is 25.4 Å². The van der Waals surface area contributed by atoms with E-state index in [0.29, 0.717) is 12.4 Å². The van der Waals surface area contributed by atoms with Gasteiger partial charge in [0.15, 0.2) is 5.79 Å². The second kappa shape index (κ2) is 11.5. The molecule has 1 rings (SSSR count). The lowest BCUT2D eigenvalue weighted by Gasteiger charge is -2.44. The van der Waals surface area contributed by atoms with Crippen molar-refractivity contribution in [2.24, 2.45) is 11.3 Å². The molecule has 0 aromatic rings. The Kier molecular flexibility index (Phi) is 10.2. The highest BCUT2D eigenvalue weighted by molar-refractivity contribution is 8.13. The zero-order valence-electron chi connectivity index (χ0n) is 20.5. The fourth-order valence-corrected chi connectivity index (χ4v) is 3.51. The predicted molar refractivity (Wildman–Crippen MR) is 122 cm³/mol. The number of nitrogens with one attached hydrogen (secondary N) is 2. The Labute approximate surface area is 195 Å². The lowest BCUT2D eigenvalue weighted by Crippen LogP contribution is -2.56. The van der Waals surface area contributed by atoms with Crippen molar-refractivity contribution >= 4 is 34.7 Å². The summed E-state index contributed by atoms with van der Waals surface area (Å²) in [4.78, 5) is 48.5. The SMILES string of the molecule is CC(C(=O)OC(C)(C)C)C(=O)SCCNC(=O)CCNC(=O)C1OC(C)(C)OCC1(C)C. The van der Waals surface area contributed by atoms with Crippen molar-refractivity contribution in [3.05, 3.63) is 0 Å². The second-order valence-corrected chi connectivity index (χ2v) is 11.1. The van der Waals surface area contributed by atoms with Crippen molar-refractivity contribution in [3.63, 3.8) is 0 Å². The molecule has 0 aliphatic carbocycles. The summed E-state index contributed by atoms with van der Waals surface area (Å²) in [6.07, 6.45) is -0.574. The standard InChI is InChI=1S/C22H38N2O7S/c1-14(18(27)31-20(2,3)4)19(28)32-12-11-23-15(25)9-10-24-17(26)16-21(5,6)13-29-22(7,8)30-16/h14,16H,9-13H2,1-8H3,(H,23,25)(H,24,26). The summed E-state index contributed by atoms with van der Waals surface area (Å²) in [5, 5.41) is 5.13. The van der Waals surface area contributed by atoms with E-state index >= 15 is 0 Å². The van der Waals surface area contributed by atoms with Gasteiger partial charge in [0.2, 0.25) is 16.9 Å². The normalized spacial score (nSPS) is 20.7. The topological polar surface area (TPSA) is 120 Å². The number of amides is 2. The molecule has 1 aliphatic heterocycles. The minimum absolute atomic E-state index is 0.103. The third kappa shape index (κ3) is 9.87. The van der Waals surface area contributed by atoms with Crippen LogP contribution in [0.5, 0.6) is 0 Å². The molecule has 32 heavy (non-hydrogen) atoms. The van der Waals surface area contributed by atoms with Gasteiger partial charge in [0, 0.05) is 30.7 Å². The van der Waals surface area contributed by atoms with Crippen molar-refractivity contribution in [1.29, 1.82) is 0 Å². The molecule has 1 fully saturated rings. The highest BCUT2D eigenvalue weighted by Gasteiger charge is 2.45. The molecule has 1 aliphatic rings. The van der Waals surface area contributed by atoms with Gasteiger partial charge in [0.1, 0.15) is 17.6 Å². The number of carbonyl (C=O) groups excluding carboxylic acids is 4. The van der Waals surface area contributed by atoms with E-state index in [1.165, 1.54) is 6.92 Å². The van der Waals surface area contributed by atoms with E-state index in [9.17, 15) is 19.2 Å². The zero-order valence-corrected chi connectivity index (χ0v) is 21.3. The van der Waals surface area contributed by atoms with E-state index in [-0.39, 0.29) is 36.4 Å². The lowest BCUT2D eigenvalue weighted by molar-refractivity contribution is -0.304. The quantitative estimate of drug-likeness (QED) is 0.296. The number of ether oxygens (including phenoxy) is 3. The van der Waals surface area contributed by atoms with Gasteiger partial charge in [0.25, 0.3) is 0 Å². The summed E-state index contributed by atoms with van der Waals surface area (Å²) in [6, 6.07) is 0. The number of hydrogen-bond donors (Lipinski definition) is 2. The van der Waals surface area contributed by atoms with Crippen LogP contribution < -0.4 is 10.6 Å². The maximum absolute atomic E-state index is 12.5. The van der Waals surface area contributed by atoms with Gasteiger partial charge in [-0.05, 0) is 41.5 Å². The molecular formula is C22H38N2O7S. The number of thioether (sulfide) groups is 1. The average Bonchev–Trinajstić information content (AvgIpc) is 2.65. The van der Waals surface area contributed by atoms with Crippen LogP contribution in [-0.4, -0.2) is 65.8 Å². The average molecular weight is 475 g/mol. The van der Waals surface area contributed by atoms with E-state index in [1.807, 2.05) is 13.8 Å². The first-order valence-corrected chi connectivity index (χ1v) is 11.8. The first-order valence-electron chi connectivity index (χ1n) is 10.8. The molecule has 0 bridgehead atoms. The molecule has 2 atom stereocenters.